The van der Waals surface area contributed by atoms with E-state index in [0.29, 0.717) is 6.42 Å². The van der Waals surface area contributed by atoms with Crippen LogP contribution in [-0.4, -0.2) is 19.1 Å². The van der Waals surface area contributed by atoms with Crippen molar-refractivity contribution in [2.45, 2.75) is 12.5 Å². The van der Waals surface area contributed by atoms with E-state index in [1.165, 1.54) is 7.11 Å². The zero-order valence-corrected chi connectivity index (χ0v) is 5.39. The average Bonchev–Trinajstić information content (AvgIpc) is 1.87. The van der Waals surface area contributed by atoms with Crippen LogP contribution in [0.3, 0.4) is 0 Å². The molecule has 0 saturated carbocycles. The summed E-state index contributed by atoms with van der Waals surface area (Å²) in [5.41, 5.74) is 3.48. The minimum atomic E-state index is -0.417. The van der Waals surface area contributed by atoms with Gasteiger partial charge in [-0.25, -0.2) is 4.79 Å². The quantitative estimate of drug-likeness (QED) is 0.375. The third-order valence-electron chi connectivity index (χ3n) is 0.899. The summed E-state index contributed by atoms with van der Waals surface area (Å²) in [6, 6.07) is -0.417. The molecule has 0 aliphatic heterocycles. The van der Waals surface area contributed by atoms with Gasteiger partial charge in [-0.15, -0.1) is 6.42 Å². The van der Waals surface area contributed by atoms with Gasteiger partial charge in [-0.3, -0.25) is 0 Å². The van der Waals surface area contributed by atoms with Crippen LogP contribution in [0, 0.1) is 12.3 Å². The van der Waals surface area contributed by atoms with Crippen LogP contribution in [0.2, 0.25) is 0 Å². The first-order chi connectivity index (χ1) is 4.22. The lowest BCUT2D eigenvalue weighted by Gasteiger charge is -1.99. The van der Waals surface area contributed by atoms with Crippen LogP contribution in [0.25, 0.3) is 0 Å². The Kier molecular flexibility index (Phi) is 3.49. The van der Waals surface area contributed by atoms with Gasteiger partial charge in [0.1, 0.15) is 0 Å². The predicted octanol–water partition coefficient (Wildman–Crippen LogP) is -1.21. The highest BCUT2D eigenvalue weighted by Crippen LogP contribution is 1.84. The monoisotopic (exact) mass is 128 g/mol. The van der Waals surface area contributed by atoms with Crippen molar-refractivity contribution in [3.63, 3.8) is 0 Å². The van der Waals surface area contributed by atoms with Gasteiger partial charge < -0.3 is 10.5 Å². The maximum absolute atomic E-state index is 10.5. The Morgan fingerprint density at radius 1 is 2.00 bits per heavy atom. The molecule has 0 radical (unpaired) electrons. The number of hydrogen-bond acceptors (Lipinski definition) is 2. The second kappa shape index (κ2) is 3.93. The van der Waals surface area contributed by atoms with E-state index in [-0.39, 0.29) is 5.97 Å². The van der Waals surface area contributed by atoms with Crippen LogP contribution in [0.1, 0.15) is 6.42 Å². The van der Waals surface area contributed by atoms with E-state index in [2.05, 4.69) is 16.4 Å². The molecule has 50 valence electrons. The van der Waals surface area contributed by atoms with E-state index in [0.717, 1.165) is 0 Å². The Labute approximate surface area is 54.2 Å². The summed E-state index contributed by atoms with van der Waals surface area (Å²) >= 11 is 0. The first-order valence-electron chi connectivity index (χ1n) is 2.56. The first kappa shape index (κ1) is 7.99. The smallest absolute Gasteiger partial charge is 0.365 e. The van der Waals surface area contributed by atoms with Crippen LogP contribution in [0.4, 0.5) is 0 Å². The Morgan fingerprint density at radius 3 is 2.89 bits per heavy atom. The molecular formula is C6H10NO2+. The number of ether oxygens (including phenoxy) is 1. The van der Waals surface area contributed by atoms with Gasteiger partial charge in [0, 0.05) is 0 Å². The highest BCUT2D eigenvalue weighted by molar-refractivity contribution is 5.74. The molecule has 0 rings (SSSR count). The molecule has 3 N–H and O–H groups in total. The lowest BCUT2D eigenvalue weighted by molar-refractivity contribution is -0.406. The Bertz CT molecular complexity index is 136. The molecule has 3 heteroatoms. The summed E-state index contributed by atoms with van der Waals surface area (Å²) in [6.07, 6.45) is 5.26. The maximum Gasteiger partial charge on any atom is 0.365 e. The topological polar surface area (TPSA) is 53.9 Å². The van der Waals surface area contributed by atoms with Crippen molar-refractivity contribution in [3.05, 3.63) is 0 Å². The van der Waals surface area contributed by atoms with Crippen LogP contribution < -0.4 is 5.73 Å². The van der Waals surface area contributed by atoms with Crippen LogP contribution in [0.5, 0.6) is 0 Å². The van der Waals surface area contributed by atoms with Gasteiger partial charge in [0.25, 0.3) is 0 Å². The van der Waals surface area contributed by atoms with Gasteiger partial charge in [-0.2, -0.15) is 0 Å². The number of esters is 1. The molecule has 0 aromatic heterocycles. The van der Waals surface area contributed by atoms with Gasteiger partial charge in [-0.1, -0.05) is 5.92 Å². The zero-order valence-electron chi connectivity index (χ0n) is 5.39. The number of quaternary nitrogens is 1. The normalized spacial score (nSPS) is 11.7. The molecule has 0 saturated heterocycles. The Morgan fingerprint density at radius 2 is 2.56 bits per heavy atom. The number of rotatable bonds is 2. The van der Waals surface area contributed by atoms with Crippen molar-refractivity contribution < 1.29 is 15.3 Å². The molecule has 0 spiro atoms. The molecule has 0 aliphatic rings. The van der Waals surface area contributed by atoms with Gasteiger partial charge in [0.15, 0.2) is 6.04 Å². The summed E-state index contributed by atoms with van der Waals surface area (Å²) in [5, 5.41) is 0. The molecule has 0 heterocycles. The van der Waals surface area contributed by atoms with E-state index >= 15 is 0 Å². The zero-order chi connectivity index (χ0) is 7.28. The molecule has 0 amide bonds. The highest BCUT2D eigenvalue weighted by atomic mass is 16.5. The standard InChI is InChI=1S/C6H9NO2/c1-3-4-5(7)6(8)9-2/h1,5H,4,7H2,2H3/p+1/t5-/m0/s1. The summed E-state index contributed by atoms with van der Waals surface area (Å²) in [4.78, 5) is 10.5. The predicted molar refractivity (Wildman–Crippen MR) is 32.1 cm³/mol. The lowest BCUT2D eigenvalue weighted by atomic mass is 10.2. The SMILES string of the molecule is C#CC[C@H]([NH3+])C(=O)OC. The summed E-state index contributed by atoms with van der Waals surface area (Å²) < 4.78 is 4.37. The molecule has 1 atom stereocenters. The molecule has 0 unspecified atom stereocenters. The molecule has 0 aromatic carbocycles. The van der Waals surface area contributed by atoms with Crippen molar-refractivity contribution in [2.75, 3.05) is 7.11 Å². The maximum atomic E-state index is 10.5. The van der Waals surface area contributed by atoms with Crippen molar-refractivity contribution in [1.82, 2.24) is 0 Å². The van der Waals surface area contributed by atoms with E-state index < -0.39 is 6.04 Å². The van der Waals surface area contributed by atoms with Crippen LogP contribution in [-0.2, 0) is 9.53 Å². The number of methoxy groups -OCH3 is 1. The largest absolute Gasteiger partial charge is 0.465 e. The van der Waals surface area contributed by atoms with Gasteiger partial charge in [-0.05, 0) is 0 Å². The van der Waals surface area contributed by atoms with E-state index in [4.69, 9.17) is 6.42 Å². The van der Waals surface area contributed by atoms with E-state index in [1.807, 2.05) is 0 Å². The van der Waals surface area contributed by atoms with Crippen molar-refractivity contribution in [3.8, 4) is 12.3 Å². The molecule has 9 heavy (non-hydrogen) atoms. The molecule has 0 aliphatic carbocycles. The number of terminal acetylenes is 1. The Balaban J connectivity index is 3.62. The fraction of sp³-hybridized carbons (Fsp3) is 0.500. The highest BCUT2D eigenvalue weighted by Gasteiger charge is 2.14. The average molecular weight is 128 g/mol. The van der Waals surface area contributed by atoms with Gasteiger partial charge >= 0.3 is 5.97 Å². The fourth-order valence-electron chi connectivity index (χ4n) is 0.392. The minimum absolute atomic E-state index is 0.340. The minimum Gasteiger partial charge on any atom is -0.465 e. The van der Waals surface area contributed by atoms with Gasteiger partial charge in [0.05, 0.1) is 13.5 Å². The van der Waals surface area contributed by atoms with E-state index in [9.17, 15) is 4.79 Å². The fourth-order valence-corrected chi connectivity index (χ4v) is 0.392. The molecule has 3 nitrogen and oxygen atoms in total. The van der Waals surface area contributed by atoms with Crippen LogP contribution in [0.15, 0.2) is 0 Å². The first-order valence-corrected chi connectivity index (χ1v) is 2.56. The third-order valence-corrected chi connectivity index (χ3v) is 0.899. The number of hydrogen-bond donors (Lipinski definition) is 1. The van der Waals surface area contributed by atoms with Crippen molar-refractivity contribution in [2.24, 2.45) is 0 Å². The summed E-state index contributed by atoms with van der Waals surface area (Å²) in [5.74, 6) is 1.97. The molecule has 0 fully saturated rings. The van der Waals surface area contributed by atoms with Gasteiger partial charge in [0.2, 0.25) is 0 Å². The Hall–Kier alpha value is -1.01. The molecular weight excluding hydrogens is 118 g/mol. The van der Waals surface area contributed by atoms with E-state index in [1.54, 1.807) is 0 Å². The third kappa shape index (κ3) is 2.73. The molecule has 0 aromatic rings. The second-order valence-corrected chi connectivity index (χ2v) is 1.63. The number of carbonyl (C=O) groups is 1. The second-order valence-electron chi connectivity index (χ2n) is 1.63. The lowest BCUT2D eigenvalue weighted by Crippen LogP contribution is -2.65. The summed E-state index contributed by atoms with van der Waals surface area (Å²) in [7, 11) is 1.32. The molecule has 0 bridgehead atoms. The number of carbonyl (C=O) groups excluding carboxylic acids is 1. The van der Waals surface area contributed by atoms with Crippen molar-refractivity contribution in [1.29, 1.82) is 0 Å². The summed E-state index contributed by atoms with van der Waals surface area (Å²) in [6.45, 7) is 0. The van der Waals surface area contributed by atoms with Crippen molar-refractivity contribution >= 4 is 5.97 Å². The van der Waals surface area contributed by atoms with Crippen LogP contribution >= 0.6 is 0 Å².